The van der Waals surface area contributed by atoms with Gasteiger partial charge in [-0.15, -0.1) is 0 Å². The fourth-order valence-corrected chi connectivity index (χ4v) is 5.94. The molecule has 1 aliphatic heterocycles. The molecule has 184 valence electrons. The predicted octanol–water partition coefficient (Wildman–Crippen LogP) is 2.93. The summed E-state index contributed by atoms with van der Waals surface area (Å²) in [5.41, 5.74) is 1.48. The smallest absolute Gasteiger partial charge is 0.243 e. The number of nitrogens with zero attached hydrogens (tertiary/aromatic N) is 1. The van der Waals surface area contributed by atoms with Crippen LogP contribution in [0.1, 0.15) is 17.5 Å². The van der Waals surface area contributed by atoms with Crippen LogP contribution in [0.15, 0.2) is 59.3 Å². The fraction of sp³-hybridized carbons (Fsp3) is 0.318. The van der Waals surface area contributed by atoms with Crippen molar-refractivity contribution in [1.82, 2.24) is 14.3 Å². The van der Waals surface area contributed by atoms with Crippen LogP contribution in [0.25, 0.3) is 0 Å². The zero-order chi connectivity index (χ0) is 24.9. The molecule has 2 aromatic rings. The number of halogens is 2. The Morgan fingerprint density at radius 3 is 2.38 bits per heavy atom. The van der Waals surface area contributed by atoms with Gasteiger partial charge < -0.3 is 5.32 Å². The first-order valence-electron chi connectivity index (χ1n) is 10.4. The van der Waals surface area contributed by atoms with E-state index in [0.717, 1.165) is 16.5 Å². The summed E-state index contributed by atoms with van der Waals surface area (Å²) in [6.45, 7) is 4.18. The van der Waals surface area contributed by atoms with E-state index in [0.29, 0.717) is 23.0 Å². The van der Waals surface area contributed by atoms with Crippen molar-refractivity contribution < 1.29 is 21.6 Å². The molecule has 0 spiro atoms. The molecule has 1 aliphatic rings. The Bertz CT molecular complexity index is 1270. The Balaban J connectivity index is 1.53. The maximum Gasteiger partial charge on any atom is 0.243 e. The number of nitrogens with one attached hydrogen (secondary N) is 2. The van der Waals surface area contributed by atoms with Gasteiger partial charge in [-0.25, -0.2) is 21.6 Å². The number of carbonyl (C=O) groups is 1. The van der Waals surface area contributed by atoms with E-state index in [1.807, 2.05) is 0 Å². The van der Waals surface area contributed by atoms with E-state index in [9.17, 15) is 21.6 Å². The lowest BCUT2D eigenvalue weighted by Gasteiger charge is -2.17. The first kappa shape index (κ1) is 26.7. The molecule has 1 amide bonds. The lowest BCUT2D eigenvalue weighted by atomic mass is 10.1. The highest BCUT2D eigenvalue weighted by atomic mass is 35.5. The van der Waals surface area contributed by atoms with Crippen LogP contribution in [-0.2, 0) is 37.8 Å². The fourth-order valence-electron chi connectivity index (χ4n) is 3.50. The lowest BCUT2D eigenvalue weighted by molar-refractivity contribution is -0.120. The van der Waals surface area contributed by atoms with Crippen molar-refractivity contribution in [2.75, 3.05) is 19.6 Å². The van der Waals surface area contributed by atoms with E-state index >= 15 is 0 Å². The molecule has 34 heavy (non-hydrogen) atoms. The summed E-state index contributed by atoms with van der Waals surface area (Å²) in [6, 6.07) is 11.3. The summed E-state index contributed by atoms with van der Waals surface area (Å²) in [6.07, 6.45) is 0.699. The molecule has 0 aromatic heterocycles. The van der Waals surface area contributed by atoms with Gasteiger partial charge in [0, 0.05) is 31.6 Å². The Morgan fingerprint density at radius 1 is 1.06 bits per heavy atom. The van der Waals surface area contributed by atoms with Crippen molar-refractivity contribution in [1.29, 1.82) is 0 Å². The second kappa shape index (κ2) is 11.2. The monoisotopic (exact) mass is 545 g/mol. The summed E-state index contributed by atoms with van der Waals surface area (Å²) in [4.78, 5) is 12.4. The largest absolute Gasteiger partial charge is 0.352 e. The van der Waals surface area contributed by atoms with Crippen LogP contribution in [0.4, 0.5) is 0 Å². The number of benzene rings is 2. The third-order valence-corrected chi connectivity index (χ3v) is 9.07. The molecule has 2 aromatic carbocycles. The van der Waals surface area contributed by atoms with Crippen molar-refractivity contribution >= 4 is 49.2 Å². The maximum absolute atomic E-state index is 13.0. The summed E-state index contributed by atoms with van der Waals surface area (Å²) < 4.78 is 52.7. The minimum absolute atomic E-state index is 0.116. The molecular formula is C22H25Cl2N3O5S2. The van der Waals surface area contributed by atoms with Gasteiger partial charge in [-0.2, -0.15) is 4.31 Å². The van der Waals surface area contributed by atoms with Crippen molar-refractivity contribution in [3.63, 3.8) is 0 Å². The van der Waals surface area contributed by atoms with Gasteiger partial charge in [0.2, 0.25) is 26.0 Å². The first-order valence-corrected chi connectivity index (χ1v) is 14.2. The number of amides is 1. The van der Waals surface area contributed by atoms with Crippen molar-refractivity contribution in [3.05, 3.63) is 75.6 Å². The molecule has 3 rings (SSSR count). The van der Waals surface area contributed by atoms with Gasteiger partial charge in [0.25, 0.3) is 0 Å². The zero-order valence-corrected chi connectivity index (χ0v) is 21.4. The molecule has 12 heteroatoms. The Morgan fingerprint density at radius 2 is 1.74 bits per heavy atom. The molecule has 2 N–H and O–H groups in total. The number of carbonyl (C=O) groups excluding carboxylic acids is 1. The summed E-state index contributed by atoms with van der Waals surface area (Å²) in [7, 11) is -7.25. The molecule has 1 heterocycles. The van der Waals surface area contributed by atoms with E-state index in [-0.39, 0.29) is 42.8 Å². The highest BCUT2D eigenvalue weighted by Gasteiger charge is 2.32. The van der Waals surface area contributed by atoms with Gasteiger partial charge in [-0.05, 0) is 47.7 Å². The zero-order valence-electron chi connectivity index (χ0n) is 18.2. The minimum Gasteiger partial charge on any atom is -0.352 e. The van der Waals surface area contributed by atoms with Crippen LogP contribution in [-0.4, -0.2) is 46.7 Å². The van der Waals surface area contributed by atoms with E-state index < -0.39 is 20.0 Å². The molecule has 0 radical (unpaired) electrons. The quantitative estimate of drug-likeness (QED) is 0.476. The molecule has 8 nitrogen and oxygen atoms in total. The summed E-state index contributed by atoms with van der Waals surface area (Å²) in [5, 5.41) is 4.42. The van der Waals surface area contributed by atoms with E-state index in [1.54, 1.807) is 30.3 Å². The highest BCUT2D eigenvalue weighted by Crippen LogP contribution is 2.25. The molecular weight excluding hydrogens is 521 g/mol. The Hall–Kier alpha value is -1.95. The maximum atomic E-state index is 13.0. The third kappa shape index (κ3) is 7.03. The SMILES string of the molecule is C=CS(=O)(=O)NC[C@H]1CCN(S(=O)(=O)c2ccc(CNC(=O)Cc3ccc(Cl)c(Cl)c3)cc2)C1. The van der Waals surface area contributed by atoms with Crippen LogP contribution >= 0.6 is 23.2 Å². The van der Waals surface area contributed by atoms with E-state index in [4.69, 9.17) is 23.2 Å². The average molecular weight is 546 g/mol. The second-order valence-electron chi connectivity index (χ2n) is 7.92. The van der Waals surface area contributed by atoms with E-state index in [2.05, 4.69) is 16.6 Å². The summed E-state index contributed by atoms with van der Waals surface area (Å²) >= 11 is 11.9. The number of hydrogen-bond acceptors (Lipinski definition) is 5. The van der Waals surface area contributed by atoms with Crippen LogP contribution in [0.5, 0.6) is 0 Å². The molecule has 0 aliphatic carbocycles. The Kier molecular flexibility index (Phi) is 8.77. The summed E-state index contributed by atoms with van der Waals surface area (Å²) in [5.74, 6) is -0.320. The highest BCUT2D eigenvalue weighted by molar-refractivity contribution is 7.92. The molecule has 0 bridgehead atoms. The van der Waals surface area contributed by atoms with Gasteiger partial charge in [0.05, 0.1) is 21.4 Å². The molecule has 1 saturated heterocycles. The number of sulfonamides is 2. The lowest BCUT2D eigenvalue weighted by Crippen LogP contribution is -2.32. The van der Waals surface area contributed by atoms with Crippen molar-refractivity contribution in [2.24, 2.45) is 5.92 Å². The van der Waals surface area contributed by atoms with Gasteiger partial charge >= 0.3 is 0 Å². The molecule has 1 atom stereocenters. The van der Waals surface area contributed by atoms with Crippen LogP contribution in [0.3, 0.4) is 0 Å². The van der Waals surface area contributed by atoms with Gasteiger partial charge in [0.1, 0.15) is 0 Å². The third-order valence-electron chi connectivity index (χ3n) is 5.44. The normalized spacial score (nSPS) is 16.9. The Labute approximate surface area is 210 Å². The van der Waals surface area contributed by atoms with Crippen molar-refractivity contribution in [2.45, 2.75) is 24.3 Å². The van der Waals surface area contributed by atoms with Gasteiger partial charge in [0.15, 0.2) is 0 Å². The van der Waals surface area contributed by atoms with Crippen LogP contribution < -0.4 is 10.0 Å². The average Bonchev–Trinajstić information content (AvgIpc) is 3.29. The number of hydrogen-bond donors (Lipinski definition) is 2. The van der Waals surface area contributed by atoms with Gasteiger partial charge in [-0.3, -0.25) is 4.79 Å². The minimum atomic E-state index is -3.70. The van der Waals surface area contributed by atoms with Crippen molar-refractivity contribution in [3.8, 4) is 0 Å². The molecule has 0 unspecified atom stereocenters. The standard InChI is InChI=1S/C22H25Cl2N3O5S2/c1-2-33(29,30)26-14-18-9-10-27(15-18)34(31,32)19-6-3-16(4-7-19)13-25-22(28)12-17-5-8-20(23)21(24)11-17/h2-8,11,18,26H,1,9-10,12-15H2,(H,25,28)/t18-/m1/s1. The van der Waals surface area contributed by atoms with Crippen LogP contribution in [0.2, 0.25) is 10.0 Å². The molecule has 1 fully saturated rings. The second-order valence-corrected chi connectivity index (χ2v) is 12.4. The predicted molar refractivity (Wildman–Crippen MR) is 132 cm³/mol. The first-order chi connectivity index (χ1) is 16.0. The topological polar surface area (TPSA) is 113 Å². The van der Waals surface area contributed by atoms with Gasteiger partial charge in [-0.1, -0.05) is 48.0 Å². The number of rotatable bonds is 10. The molecule has 0 saturated carbocycles. The van der Waals surface area contributed by atoms with E-state index in [1.165, 1.54) is 16.4 Å². The van der Waals surface area contributed by atoms with Crippen LogP contribution in [0, 0.1) is 5.92 Å².